The van der Waals surface area contributed by atoms with Crippen molar-refractivity contribution >= 4 is 5.69 Å². The first-order valence-corrected chi connectivity index (χ1v) is 8.53. The van der Waals surface area contributed by atoms with Crippen LogP contribution in [0.15, 0.2) is 60.9 Å². The van der Waals surface area contributed by atoms with Crippen molar-refractivity contribution in [1.82, 2.24) is 4.98 Å². The van der Waals surface area contributed by atoms with Crippen LogP contribution in [0.4, 0.5) is 14.5 Å². The van der Waals surface area contributed by atoms with Crippen LogP contribution in [-0.2, 0) is 12.0 Å². The molecule has 2 aromatic carbocycles. The van der Waals surface area contributed by atoms with Crippen LogP contribution in [0, 0.1) is 11.6 Å². The van der Waals surface area contributed by atoms with Gasteiger partial charge in [-0.15, -0.1) is 0 Å². The summed E-state index contributed by atoms with van der Waals surface area (Å²) < 4.78 is 33.4. The zero-order valence-corrected chi connectivity index (χ0v) is 14.0. The molecule has 1 unspecified atom stereocenters. The van der Waals surface area contributed by atoms with Crippen LogP contribution in [0.2, 0.25) is 0 Å². The van der Waals surface area contributed by atoms with Crippen LogP contribution >= 0.6 is 0 Å². The molecule has 1 atom stereocenters. The molecule has 0 aliphatic carbocycles. The molecule has 3 aromatic rings. The van der Waals surface area contributed by atoms with Crippen molar-refractivity contribution < 1.29 is 13.5 Å². The quantitative estimate of drug-likeness (QED) is 0.697. The number of nitrogens with zero attached hydrogens (tertiary/aromatic N) is 2. The molecule has 2 aliphatic heterocycles. The van der Waals surface area contributed by atoms with E-state index in [0.29, 0.717) is 25.4 Å². The second kappa shape index (κ2) is 5.53. The molecule has 3 nitrogen and oxygen atoms in total. The predicted octanol–water partition coefficient (Wildman–Crippen LogP) is 4.06. The Morgan fingerprint density at radius 3 is 2.73 bits per heavy atom. The van der Waals surface area contributed by atoms with Gasteiger partial charge in [0.05, 0.1) is 5.41 Å². The Kier molecular flexibility index (Phi) is 3.26. The van der Waals surface area contributed by atoms with Crippen molar-refractivity contribution in [2.45, 2.75) is 12.0 Å². The average molecular weight is 350 g/mol. The number of hydrogen-bond donors (Lipinski definition) is 0. The Hall–Kier alpha value is -2.95. The fourth-order valence-electron chi connectivity index (χ4n) is 4.16. The minimum Gasteiger partial charge on any atom is -0.492 e. The van der Waals surface area contributed by atoms with E-state index in [-0.39, 0.29) is 0 Å². The SMILES string of the molecule is Fc1cc2c(cc1F)C1(CO2)CN(Cc2cccnc2)c2ccccc21. The van der Waals surface area contributed by atoms with Gasteiger partial charge in [0, 0.05) is 42.8 Å². The van der Waals surface area contributed by atoms with Crippen LogP contribution in [0.3, 0.4) is 0 Å². The molecule has 26 heavy (non-hydrogen) atoms. The topological polar surface area (TPSA) is 25.4 Å². The number of hydrogen-bond acceptors (Lipinski definition) is 3. The number of benzene rings is 2. The second-order valence-electron chi connectivity index (χ2n) is 6.87. The number of anilines is 1. The first-order chi connectivity index (χ1) is 12.7. The molecule has 0 radical (unpaired) electrons. The van der Waals surface area contributed by atoms with E-state index in [1.165, 1.54) is 6.07 Å². The molecular weight excluding hydrogens is 334 g/mol. The lowest BCUT2D eigenvalue weighted by Crippen LogP contribution is -2.36. The maximum Gasteiger partial charge on any atom is 0.162 e. The molecule has 5 rings (SSSR count). The number of fused-ring (bicyclic) bond motifs is 4. The summed E-state index contributed by atoms with van der Waals surface area (Å²) in [4.78, 5) is 6.44. The van der Waals surface area contributed by atoms with Gasteiger partial charge in [-0.05, 0) is 29.3 Å². The molecular formula is C21H16F2N2O. The molecule has 2 aliphatic rings. The van der Waals surface area contributed by atoms with E-state index in [0.717, 1.165) is 28.4 Å². The van der Waals surface area contributed by atoms with Gasteiger partial charge in [0.25, 0.3) is 0 Å². The molecule has 0 saturated heterocycles. The number of ether oxygens (including phenoxy) is 1. The summed E-state index contributed by atoms with van der Waals surface area (Å²) >= 11 is 0. The van der Waals surface area contributed by atoms with Crippen LogP contribution in [0.25, 0.3) is 0 Å². The van der Waals surface area contributed by atoms with Crippen molar-refractivity contribution in [3.05, 3.63) is 89.2 Å². The molecule has 3 heterocycles. The van der Waals surface area contributed by atoms with Gasteiger partial charge in [-0.2, -0.15) is 0 Å². The zero-order valence-electron chi connectivity index (χ0n) is 14.0. The Morgan fingerprint density at radius 1 is 1.04 bits per heavy atom. The largest absolute Gasteiger partial charge is 0.492 e. The van der Waals surface area contributed by atoms with E-state index in [4.69, 9.17) is 4.74 Å². The summed E-state index contributed by atoms with van der Waals surface area (Å²) in [5, 5.41) is 0. The number of para-hydroxylation sites is 1. The van der Waals surface area contributed by atoms with Gasteiger partial charge in [-0.25, -0.2) is 8.78 Å². The van der Waals surface area contributed by atoms with Gasteiger partial charge in [-0.3, -0.25) is 4.98 Å². The average Bonchev–Trinajstić information content (AvgIpc) is 3.16. The molecule has 5 heteroatoms. The number of pyridine rings is 1. The van der Waals surface area contributed by atoms with Crippen LogP contribution in [0.5, 0.6) is 5.75 Å². The van der Waals surface area contributed by atoms with Crippen molar-refractivity contribution in [2.24, 2.45) is 0 Å². The summed E-state index contributed by atoms with van der Waals surface area (Å²) in [6, 6.07) is 14.5. The lowest BCUT2D eigenvalue weighted by molar-refractivity contribution is 0.298. The van der Waals surface area contributed by atoms with Crippen molar-refractivity contribution in [1.29, 1.82) is 0 Å². The number of halogens is 2. The van der Waals surface area contributed by atoms with Crippen LogP contribution in [0.1, 0.15) is 16.7 Å². The van der Waals surface area contributed by atoms with Crippen molar-refractivity contribution in [3.8, 4) is 5.75 Å². The van der Waals surface area contributed by atoms with Crippen molar-refractivity contribution in [2.75, 3.05) is 18.1 Å². The predicted molar refractivity (Wildman–Crippen MR) is 94.4 cm³/mol. The summed E-state index contributed by atoms with van der Waals surface area (Å²) in [5.74, 6) is -1.28. The highest BCUT2D eigenvalue weighted by molar-refractivity contribution is 5.69. The minimum atomic E-state index is -0.876. The van der Waals surface area contributed by atoms with Gasteiger partial charge < -0.3 is 9.64 Å². The molecule has 0 fully saturated rings. The lowest BCUT2D eigenvalue weighted by Gasteiger charge is -2.25. The lowest BCUT2D eigenvalue weighted by atomic mass is 9.78. The van der Waals surface area contributed by atoms with Gasteiger partial charge in [0.2, 0.25) is 0 Å². The third kappa shape index (κ3) is 2.13. The molecule has 0 amide bonds. The van der Waals surface area contributed by atoms with E-state index in [9.17, 15) is 8.78 Å². The first-order valence-electron chi connectivity index (χ1n) is 8.53. The van der Waals surface area contributed by atoms with Gasteiger partial charge >= 0.3 is 0 Å². The molecule has 130 valence electrons. The van der Waals surface area contributed by atoms with Gasteiger partial charge in [0.1, 0.15) is 12.4 Å². The third-order valence-corrected chi connectivity index (χ3v) is 5.33. The van der Waals surface area contributed by atoms with E-state index < -0.39 is 17.0 Å². The first kappa shape index (κ1) is 15.3. The highest BCUT2D eigenvalue weighted by Gasteiger charge is 2.50. The third-order valence-electron chi connectivity index (χ3n) is 5.33. The second-order valence-corrected chi connectivity index (χ2v) is 6.87. The van der Waals surface area contributed by atoms with Gasteiger partial charge in [0.15, 0.2) is 11.6 Å². The number of rotatable bonds is 2. The molecule has 0 saturated carbocycles. The van der Waals surface area contributed by atoms with E-state index >= 15 is 0 Å². The zero-order chi connectivity index (χ0) is 17.7. The standard InChI is InChI=1S/C21H16F2N2O/c22-17-8-16-20(9-18(17)23)26-13-21(16)12-25(11-14-4-3-7-24-10-14)19-6-2-1-5-15(19)21/h1-10H,11-13H2. The van der Waals surface area contributed by atoms with Crippen molar-refractivity contribution in [3.63, 3.8) is 0 Å². The maximum absolute atomic E-state index is 14.0. The van der Waals surface area contributed by atoms with Gasteiger partial charge in [-0.1, -0.05) is 24.3 Å². The van der Waals surface area contributed by atoms with E-state index in [1.54, 1.807) is 6.20 Å². The Balaban J connectivity index is 1.62. The molecule has 1 spiro atoms. The highest BCUT2D eigenvalue weighted by Crippen LogP contribution is 2.52. The smallest absolute Gasteiger partial charge is 0.162 e. The van der Waals surface area contributed by atoms with E-state index in [1.807, 2.05) is 30.5 Å². The summed E-state index contributed by atoms with van der Waals surface area (Å²) in [7, 11) is 0. The maximum atomic E-state index is 14.0. The number of aromatic nitrogens is 1. The summed E-state index contributed by atoms with van der Waals surface area (Å²) in [6.07, 6.45) is 3.60. The summed E-state index contributed by atoms with van der Waals surface area (Å²) in [6.45, 7) is 1.73. The Bertz CT molecular complexity index is 993. The molecule has 0 bridgehead atoms. The molecule has 0 N–H and O–H groups in total. The van der Waals surface area contributed by atoms with Crippen LogP contribution < -0.4 is 9.64 Å². The fourth-order valence-corrected chi connectivity index (χ4v) is 4.16. The monoisotopic (exact) mass is 350 g/mol. The normalized spacial score (nSPS) is 20.2. The Labute approximate surface area is 149 Å². The molecule has 1 aromatic heterocycles. The minimum absolute atomic E-state index is 0.381. The van der Waals surface area contributed by atoms with Crippen LogP contribution in [-0.4, -0.2) is 18.1 Å². The Morgan fingerprint density at radius 2 is 1.88 bits per heavy atom. The van der Waals surface area contributed by atoms with E-state index in [2.05, 4.69) is 22.0 Å². The summed E-state index contributed by atoms with van der Waals surface area (Å²) in [5.41, 5.74) is 3.52. The fraction of sp³-hybridized carbons (Fsp3) is 0.190. The highest BCUT2D eigenvalue weighted by atomic mass is 19.2.